The predicted molar refractivity (Wildman–Crippen MR) is 77.7 cm³/mol. The van der Waals surface area contributed by atoms with Gasteiger partial charge in [-0.3, -0.25) is 4.98 Å². The topological polar surface area (TPSA) is 91.4 Å². The maximum absolute atomic E-state index is 4.40. The van der Waals surface area contributed by atoms with Gasteiger partial charge in [-0.2, -0.15) is 9.97 Å². The van der Waals surface area contributed by atoms with E-state index in [0.717, 1.165) is 24.3 Å². The zero-order chi connectivity index (χ0) is 13.8. The quantitative estimate of drug-likeness (QED) is 0.649. The van der Waals surface area contributed by atoms with Crippen LogP contribution >= 0.6 is 0 Å². The van der Waals surface area contributed by atoms with E-state index >= 15 is 0 Å². The van der Waals surface area contributed by atoms with Gasteiger partial charge in [0.15, 0.2) is 11.5 Å². The fraction of sp³-hybridized carbons (Fsp3) is 0.231. The second-order valence-corrected chi connectivity index (χ2v) is 4.29. The van der Waals surface area contributed by atoms with Gasteiger partial charge in [0.1, 0.15) is 5.52 Å². The van der Waals surface area contributed by atoms with Crippen LogP contribution in [0.25, 0.3) is 11.2 Å². The van der Waals surface area contributed by atoms with Gasteiger partial charge in [-0.25, -0.2) is 4.98 Å². The van der Waals surface area contributed by atoms with Crippen molar-refractivity contribution in [1.29, 1.82) is 0 Å². The minimum Gasteiger partial charge on any atom is -0.368 e. The number of imidazole rings is 1. The number of fused-ring (bicyclic) bond motifs is 1. The molecule has 7 nitrogen and oxygen atoms in total. The number of rotatable bonds is 5. The van der Waals surface area contributed by atoms with Crippen LogP contribution in [0, 0.1) is 0 Å². The smallest absolute Gasteiger partial charge is 0.226 e. The molecule has 3 aromatic rings. The van der Waals surface area contributed by atoms with Crippen molar-refractivity contribution in [1.82, 2.24) is 24.9 Å². The summed E-state index contributed by atoms with van der Waals surface area (Å²) in [5.74, 6) is 1.30. The Morgan fingerprint density at radius 1 is 1.30 bits per heavy atom. The third kappa shape index (κ3) is 2.51. The summed E-state index contributed by atoms with van der Waals surface area (Å²) in [6.45, 7) is 0.764. The summed E-state index contributed by atoms with van der Waals surface area (Å²) >= 11 is 0. The fourth-order valence-corrected chi connectivity index (χ4v) is 1.94. The number of aromatic nitrogens is 5. The lowest BCUT2D eigenvalue weighted by molar-refractivity contribution is 0.993. The zero-order valence-electron chi connectivity index (χ0n) is 11.1. The summed E-state index contributed by atoms with van der Waals surface area (Å²) in [5.41, 5.74) is 2.65. The standard InChI is InChI=1S/C13H15N7/c1-14-13-19-11(10-12(20-13)18-8-17-10)16-6-4-9-3-2-5-15-7-9/h2-3,5,7-8H,4,6H2,1H3,(H3,14,16,17,18,19,20). The van der Waals surface area contributed by atoms with Gasteiger partial charge < -0.3 is 15.6 Å². The monoisotopic (exact) mass is 269 g/mol. The first kappa shape index (κ1) is 12.3. The SMILES string of the molecule is CNc1nc(NCCc2cccnc2)c2[nH]cnc2n1. The summed E-state index contributed by atoms with van der Waals surface area (Å²) in [4.78, 5) is 20.0. The van der Waals surface area contributed by atoms with Crippen LogP contribution in [0.5, 0.6) is 0 Å². The highest BCUT2D eigenvalue weighted by atomic mass is 15.2. The lowest BCUT2D eigenvalue weighted by Gasteiger charge is -2.07. The van der Waals surface area contributed by atoms with Crippen LogP contribution in [0.15, 0.2) is 30.9 Å². The minimum absolute atomic E-state index is 0.550. The first-order valence-electron chi connectivity index (χ1n) is 6.38. The normalized spacial score (nSPS) is 10.7. The van der Waals surface area contributed by atoms with E-state index in [1.165, 1.54) is 5.56 Å². The van der Waals surface area contributed by atoms with Crippen molar-refractivity contribution in [3.8, 4) is 0 Å². The molecule has 0 spiro atoms. The van der Waals surface area contributed by atoms with E-state index < -0.39 is 0 Å². The van der Waals surface area contributed by atoms with Gasteiger partial charge in [0.25, 0.3) is 0 Å². The molecular formula is C13H15N7. The average Bonchev–Trinajstić information content (AvgIpc) is 2.96. The Morgan fingerprint density at radius 3 is 3.05 bits per heavy atom. The second kappa shape index (κ2) is 5.52. The molecular weight excluding hydrogens is 254 g/mol. The Kier molecular flexibility index (Phi) is 3.40. The summed E-state index contributed by atoms with van der Waals surface area (Å²) in [7, 11) is 1.78. The van der Waals surface area contributed by atoms with Crippen molar-refractivity contribution in [2.45, 2.75) is 6.42 Å². The zero-order valence-corrected chi connectivity index (χ0v) is 11.1. The molecule has 0 radical (unpaired) electrons. The van der Waals surface area contributed by atoms with Gasteiger partial charge in [0, 0.05) is 26.0 Å². The van der Waals surface area contributed by atoms with E-state index in [4.69, 9.17) is 0 Å². The Morgan fingerprint density at radius 2 is 2.25 bits per heavy atom. The van der Waals surface area contributed by atoms with E-state index in [1.54, 1.807) is 19.6 Å². The number of anilines is 2. The van der Waals surface area contributed by atoms with Gasteiger partial charge in [-0.15, -0.1) is 0 Å². The Bertz CT molecular complexity index is 692. The van der Waals surface area contributed by atoms with E-state index in [2.05, 4.69) is 41.6 Å². The highest BCUT2D eigenvalue weighted by molar-refractivity contribution is 5.83. The third-order valence-corrected chi connectivity index (χ3v) is 2.94. The Balaban J connectivity index is 1.75. The molecule has 3 heterocycles. The highest BCUT2D eigenvalue weighted by Crippen LogP contribution is 2.18. The maximum atomic E-state index is 4.40. The molecule has 0 aliphatic rings. The number of nitrogens with zero attached hydrogens (tertiary/aromatic N) is 4. The van der Waals surface area contributed by atoms with Gasteiger partial charge in [-0.1, -0.05) is 6.07 Å². The van der Waals surface area contributed by atoms with Crippen LogP contribution in [0.3, 0.4) is 0 Å². The molecule has 0 fully saturated rings. The number of hydrogen-bond donors (Lipinski definition) is 3. The molecule has 3 rings (SSSR count). The lowest BCUT2D eigenvalue weighted by atomic mass is 10.2. The number of pyridine rings is 1. The van der Waals surface area contributed by atoms with Crippen molar-refractivity contribution >= 4 is 22.9 Å². The van der Waals surface area contributed by atoms with Crippen molar-refractivity contribution in [2.24, 2.45) is 0 Å². The molecule has 0 amide bonds. The highest BCUT2D eigenvalue weighted by Gasteiger charge is 2.08. The molecule has 7 heteroatoms. The molecule has 0 unspecified atom stereocenters. The average molecular weight is 269 g/mol. The summed E-state index contributed by atoms with van der Waals surface area (Å²) < 4.78 is 0. The third-order valence-electron chi connectivity index (χ3n) is 2.94. The molecule has 20 heavy (non-hydrogen) atoms. The van der Waals surface area contributed by atoms with E-state index in [-0.39, 0.29) is 0 Å². The Hall–Kier alpha value is -2.70. The van der Waals surface area contributed by atoms with Crippen molar-refractivity contribution in [2.75, 3.05) is 24.2 Å². The van der Waals surface area contributed by atoms with Crippen molar-refractivity contribution < 1.29 is 0 Å². The first-order valence-corrected chi connectivity index (χ1v) is 6.38. The summed E-state index contributed by atoms with van der Waals surface area (Å²) in [6.07, 6.45) is 6.13. The van der Waals surface area contributed by atoms with Crippen molar-refractivity contribution in [3.63, 3.8) is 0 Å². The van der Waals surface area contributed by atoms with Gasteiger partial charge >= 0.3 is 0 Å². The van der Waals surface area contributed by atoms with Crippen LogP contribution in [0.2, 0.25) is 0 Å². The first-order chi connectivity index (χ1) is 9.86. The van der Waals surface area contributed by atoms with Gasteiger partial charge in [0.2, 0.25) is 5.95 Å². The molecule has 0 aromatic carbocycles. The number of nitrogens with one attached hydrogen (secondary N) is 3. The largest absolute Gasteiger partial charge is 0.368 e. The molecule has 102 valence electrons. The van der Waals surface area contributed by atoms with Crippen LogP contribution in [-0.4, -0.2) is 38.5 Å². The molecule has 0 saturated carbocycles. The molecule has 0 aliphatic carbocycles. The lowest BCUT2D eigenvalue weighted by Crippen LogP contribution is -2.09. The predicted octanol–water partition coefficient (Wildman–Crippen LogP) is 1.44. The van der Waals surface area contributed by atoms with E-state index in [1.807, 2.05) is 12.3 Å². The second-order valence-electron chi connectivity index (χ2n) is 4.29. The molecule has 3 N–H and O–H groups in total. The molecule has 0 saturated heterocycles. The van der Waals surface area contributed by atoms with Crippen LogP contribution < -0.4 is 10.6 Å². The maximum Gasteiger partial charge on any atom is 0.226 e. The van der Waals surface area contributed by atoms with Crippen molar-refractivity contribution in [3.05, 3.63) is 36.4 Å². The molecule has 0 aliphatic heterocycles. The molecule has 3 aromatic heterocycles. The Labute approximate surface area is 115 Å². The molecule has 0 atom stereocenters. The number of aromatic amines is 1. The number of hydrogen-bond acceptors (Lipinski definition) is 6. The van der Waals surface area contributed by atoms with Crippen LogP contribution in [0.4, 0.5) is 11.8 Å². The minimum atomic E-state index is 0.550. The van der Waals surface area contributed by atoms with E-state index in [0.29, 0.717) is 11.6 Å². The fourth-order valence-electron chi connectivity index (χ4n) is 1.94. The van der Waals surface area contributed by atoms with Gasteiger partial charge in [0.05, 0.1) is 6.33 Å². The summed E-state index contributed by atoms with van der Waals surface area (Å²) in [6, 6.07) is 3.99. The summed E-state index contributed by atoms with van der Waals surface area (Å²) in [5, 5.41) is 6.24. The molecule has 0 bridgehead atoms. The van der Waals surface area contributed by atoms with Crippen LogP contribution in [0.1, 0.15) is 5.56 Å². The van der Waals surface area contributed by atoms with Crippen LogP contribution in [-0.2, 0) is 6.42 Å². The number of H-pyrrole nitrogens is 1. The van der Waals surface area contributed by atoms with Gasteiger partial charge in [-0.05, 0) is 18.1 Å². The van der Waals surface area contributed by atoms with E-state index in [9.17, 15) is 0 Å².